The predicted molar refractivity (Wildman–Crippen MR) is 112 cm³/mol. The van der Waals surface area contributed by atoms with Gasteiger partial charge < -0.3 is 15.3 Å². The van der Waals surface area contributed by atoms with Gasteiger partial charge in [0.05, 0.1) is 11.3 Å². The summed E-state index contributed by atoms with van der Waals surface area (Å²) in [6.07, 6.45) is 3.64. The number of hydrogen-bond donors (Lipinski definition) is 2. The Labute approximate surface area is 181 Å². The van der Waals surface area contributed by atoms with Crippen molar-refractivity contribution in [3.05, 3.63) is 40.7 Å². The van der Waals surface area contributed by atoms with Crippen molar-refractivity contribution in [1.82, 2.24) is 14.5 Å². The van der Waals surface area contributed by atoms with Crippen molar-refractivity contribution < 1.29 is 23.1 Å². The molecule has 2 heterocycles. The van der Waals surface area contributed by atoms with Gasteiger partial charge in [-0.1, -0.05) is 11.6 Å². The molecule has 1 fully saturated rings. The van der Waals surface area contributed by atoms with Gasteiger partial charge in [-0.05, 0) is 55.9 Å². The molecule has 30 heavy (non-hydrogen) atoms. The van der Waals surface area contributed by atoms with Gasteiger partial charge in [0.25, 0.3) is 10.0 Å². The number of nitrogens with zero attached hydrogens (tertiary/aromatic N) is 2. The van der Waals surface area contributed by atoms with Gasteiger partial charge >= 0.3 is 0 Å². The first kappa shape index (κ1) is 22.6. The molecule has 0 bridgehead atoms. The number of amides is 2. The van der Waals surface area contributed by atoms with Crippen LogP contribution >= 0.6 is 11.6 Å². The van der Waals surface area contributed by atoms with Crippen molar-refractivity contribution in [2.75, 3.05) is 19.7 Å². The number of aryl methyl sites for hydroxylation is 2. The van der Waals surface area contributed by atoms with Crippen molar-refractivity contribution >= 4 is 33.4 Å². The van der Waals surface area contributed by atoms with Gasteiger partial charge in [0, 0.05) is 37.1 Å². The lowest BCUT2D eigenvalue weighted by atomic mass is 9.97. The number of nitrogens with one attached hydrogen (secondary N) is 1. The molecule has 3 rings (SSSR count). The van der Waals surface area contributed by atoms with Crippen LogP contribution in [0, 0.1) is 19.8 Å². The van der Waals surface area contributed by atoms with Crippen LogP contribution in [0.2, 0.25) is 5.02 Å². The summed E-state index contributed by atoms with van der Waals surface area (Å²) in [4.78, 5) is 27.0. The summed E-state index contributed by atoms with van der Waals surface area (Å²) in [7, 11) is -4.08. The molecule has 2 aliphatic heterocycles. The zero-order valence-electron chi connectivity index (χ0n) is 17.0. The second-order valence-corrected chi connectivity index (χ2v) is 9.97. The number of aliphatic hydroxyl groups is 1. The smallest absolute Gasteiger partial charge is 0.264 e. The largest absolute Gasteiger partial charge is 0.396 e. The van der Waals surface area contributed by atoms with Crippen molar-refractivity contribution in [3.8, 4) is 0 Å². The zero-order valence-corrected chi connectivity index (χ0v) is 18.5. The number of likely N-dealkylation sites (tertiary alicyclic amines) is 1. The molecule has 164 valence electrons. The third-order valence-electron chi connectivity index (χ3n) is 5.66. The Morgan fingerprint density at radius 3 is 2.53 bits per heavy atom. The van der Waals surface area contributed by atoms with Crippen LogP contribution in [0.4, 0.5) is 0 Å². The number of halogens is 1. The first-order chi connectivity index (χ1) is 14.1. The molecule has 1 atom stereocenters. The van der Waals surface area contributed by atoms with E-state index in [1.54, 1.807) is 24.8 Å². The van der Waals surface area contributed by atoms with Gasteiger partial charge in [0.2, 0.25) is 11.8 Å². The highest BCUT2D eigenvalue weighted by atomic mass is 35.5. The molecule has 0 spiro atoms. The Balaban J connectivity index is 1.85. The van der Waals surface area contributed by atoms with E-state index in [2.05, 4.69) is 5.32 Å². The number of carbonyl (C=O) groups is 2. The highest BCUT2D eigenvalue weighted by Gasteiger charge is 2.39. The fourth-order valence-electron chi connectivity index (χ4n) is 3.74. The van der Waals surface area contributed by atoms with Gasteiger partial charge in [-0.15, -0.1) is 0 Å². The number of carbonyl (C=O) groups excluding carboxylic acids is 2. The second kappa shape index (κ2) is 8.95. The summed E-state index contributed by atoms with van der Waals surface area (Å²) in [5, 5.41) is 12.2. The molecule has 0 aliphatic carbocycles. The fourth-order valence-corrected chi connectivity index (χ4v) is 5.71. The number of hydrogen-bond acceptors (Lipinski definition) is 5. The molecule has 2 aliphatic rings. The molecule has 8 nitrogen and oxygen atoms in total. The summed E-state index contributed by atoms with van der Waals surface area (Å²) in [5.74, 6) is -0.669. The average molecular weight is 456 g/mol. The summed E-state index contributed by atoms with van der Waals surface area (Å²) >= 11 is 6.10. The van der Waals surface area contributed by atoms with E-state index in [1.165, 1.54) is 18.5 Å². The molecular weight excluding hydrogens is 430 g/mol. The highest BCUT2D eigenvalue weighted by Crippen LogP contribution is 2.29. The monoisotopic (exact) mass is 455 g/mol. The lowest BCUT2D eigenvalue weighted by Gasteiger charge is -2.35. The lowest BCUT2D eigenvalue weighted by Crippen LogP contribution is -2.52. The first-order valence-corrected chi connectivity index (χ1v) is 11.6. The molecule has 2 amide bonds. The Morgan fingerprint density at radius 1 is 1.23 bits per heavy atom. The Hall–Kier alpha value is -2.10. The van der Waals surface area contributed by atoms with Crippen LogP contribution < -0.4 is 5.32 Å². The minimum absolute atomic E-state index is 0.0463. The van der Waals surface area contributed by atoms with E-state index in [9.17, 15) is 23.1 Å². The minimum Gasteiger partial charge on any atom is -0.396 e. The van der Waals surface area contributed by atoms with Crippen LogP contribution in [0.1, 0.15) is 30.4 Å². The number of rotatable bonds is 5. The Kier molecular flexibility index (Phi) is 6.74. The molecule has 1 aromatic rings. The standard InChI is InChI=1S/C20H26ClN3O5S/c1-13-10-18(14(2)9-16(13)21)30(28,29)24-8-5-22-20(27)17(24)11-19(26)23-6-3-15(12-25)4-7-23/h5,8-10,15,17,25H,3-4,6-7,11-12H2,1-2H3,(H,22,27). The summed E-state index contributed by atoms with van der Waals surface area (Å²) in [6, 6.07) is 1.87. The number of sulfonamides is 1. The average Bonchev–Trinajstić information content (AvgIpc) is 2.71. The van der Waals surface area contributed by atoms with E-state index in [-0.39, 0.29) is 29.7 Å². The van der Waals surface area contributed by atoms with Crippen LogP contribution in [-0.2, 0) is 19.6 Å². The molecule has 10 heteroatoms. The lowest BCUT2D eigenvalue weighted by molar-refractivity contribution is -0.137. The number of aliphatic hydroxyl groups excluding tert-OH is 1. The Morgan fingerprint density at radius 2 is 1.90 bits per heavy atom. The third kappa shape index (κ3) is 4.48. The predicted octanol–water partition coefficient (Wildman–Crippen LogP) is 1.54. The zero-order chi connectivity index (χ0) is 22.1. The summed E-state index contributed by atoms with van der Waals surface area (Å²) in [5.41, 5.74) is 1.06. The molecule has 2 N–H and O–H groups in total. The second-order valence-electron chi connectivity index (χ2n) is 7.75. The van der Waals surface area contributed by atoms with Gasteiger partial charge in [0.15, 0.2) is 0 Å². The molecule has 0 aromatic heterocycles. The van der Waals surface area contributed by atoms with E-state index in [4.69, 9.17) is 11.6 Å². The van der Waals surface area contributed by atoms with Crippen molar-refractivity contribution in [2.45, 2.75) is 44.0 Å². The maximum absolute atomic E-state index is 13.4. The van der Waals surface area contributed by atoms with Crippen LogP contribution in [0.25, 0.3) is 0 Å². The Bertz CT molecular complexity index is 971. The van der Waals surface area contributed by atoms with Gasteiger partial charge in [-0.25, -0.2) is 8.42 Å². The van der Waals surface area contributed by atoms with E-state index < -0.39 is 22.0 Å². The summed E-state index contributed by atoms with van der Waals surface area (Å²) < 4.78 is 27.7. The maximum atomic E-state index is 13.4. The maximum Gasteiger partial charge on any atom is 0.264 e. The molecule has 0 radical (unpaired) electrons. The van der Waals surface area contributed by atoms with E-state index >= 15 is 0 Å². The fraction of sp³-hybridized carbons (Fsp3) is 0.500. The topological polar surface area (TPSA) is 107 Å². The normalized spacial score (nSPS) is 20.4. The quantitative estimate of drug-likeness (QED) is 0.700. The van der Waals surface area contributed by atoms with E-state index in [1.807, 2.05) is 0 Å². The van der Waals surface area contributed by atoms with Crippen LogP contribution in [0.15, 0.2) is 29.4 Å². The van der Waals surface area contributed by atoms with E-state index in [0.29, 0.717) is 42.1 Å². The van der Waals surface area contributed by atoms with Gasteiger partial charge in [-0.2, -0.15) is 0 Å². The third-order valence-corrected chi connectivity index (χ3v) is 8.00. The van der Waals surface area contributed by atoms with E-state index in [0.717, 1.165) is 4.31 Å². The molecule has 0 saturated carbocycles. The van der Waals surface area contributed by atoms with Crippen LogP contribution in [0.5, 0.6) is 0 Å². The molecular formula is C20H26ClN3O5S. The van der Waals surface area contributed by atoms with Crippen molar-refractivity contribution in [1.29, 1.82) is 0 Å². The first-order valence-electron chi connectivity index (χ1n) is 9.81. The SMILES string of the molecule is Cc1cc(S(=O)(=O)N2C=CNC(=O)C2CC(=O)N2CCC(CO)CC2)c(C)cc1Cl. The number of benzene rings is 1. The molecule has 1 saturated heterocycles. The van der Waals surface area contributed by atoms with Gasteiger partial charge in [-0.3, -0.25) is 13.9 Å². The molecule has 1 unspecified atom stereocenters. The van der Waals surface area contributed by atoms with Gasteiger partial charge in [0.1, 0.15) is 6.04 Å². The summed E-state index contributed by atoms with van der Waals surface area (Å²) in [6.45, 7) is 4.39. The van der Waals surface area contributed by atoms with Crippen LogP contribution in [0.3, 0.4) is 0 Å². The van der Waals surface area contributed by atoms with Crippen molar-refractivity contribution in [2.24, 2.45) is 5.92 Å². The minimum atomic E-state index is -4.08. The highest BCUT2D eigenvalue weighted by molar-refractivity contribution is 7.89. The molecule has 1 aromatic carbocycles. The van der Waals surface area contributed by atoms with Crippen LogP contribution in [-0.4, -0.2) is 60.3 Å². The van der Waals surface area contributed by atoms with Crippen molar-refractivity contribution in [3.63, 3.8) is 0 Å². The number of piperidine rings is 1.